The van der Waals surface area contributed by atoms with Crippen LogP contribution < -0.4 is 20.7 Å². The molecular weight excluding hydrogens is 270 g/mol. The quantitative estimate of drug-likeness (QED) is 0.692. The molecule has 0 atom stereocenters. The minimum atomic E-state index is -0.306. The molecule has 1 aliphatic heterocycles. The lowest BCUT2D eigenvalue weighted by Crippen LogP contribution is -2.46. The summed E-state index contributed by atoms with van der Waals surface area (Å²) < 4.78 is 5.30. The second-order valence-corrected chi connectivity index (χ2v) is 4.97. The van der Waals surface area contributed by atoms with Crippen LogP contribution in [0, 0.1) is 0 Å². The summed E-state index contributed by atoms with van der Waals surface area (Å²) in [6, 6.07) is 9.29. The Morgan fingerprint density at radius 2 is 1.86 bits per heavy atom. The van der Waals surface area contributed by atoms with E-state index < -0.39 is 0 Å². The molecule has 0 radical (unpaired) electrons. The number of amides is 2. The molecule has 2 rings (SSSR count). The Labute approximate surface area is 124 Å². The molecule has 21 heavy (non-hydrogen) atoms. The third-order valence-electron chi connectivity index (χ3n) is 3.26. The molecule has 0 bridgehead atoms. The molecule has 1 aromatic rings. The number of benzene rings is 1. The van der Waals surface area contributed by atoms with Crippen molar-refractivity contribution < 1.29 is 14.3 Å². The van der Waals surface area contributed by atoms with Gasteiger partial charge in [-0.2, -0.15) is 0 Å². The minimum absolute atomic E-state index is 0.0130. The van der Waals surface area contributed by atoms with E-state index in [0.29, 0.717) is 5.75 Å². The number of rotatable bonds is 6. The Bertz CT molecular complexity index is 458. The third-order valence-corrected chi connectivity index (χ3v) is 3.26. The number of ether oxygens (including phenoxy) is 1. The highest BCUT2D eigenvalue weighted by Crippen LogP contribution is 2.07. The van der Waals surface area contributed by atoms with Gasteiger partial charge in [-0.1, -0.05) is 18.2 Å². The average Bonchev–Trinajstić information content (AvgIpc) is 2.53. The second-order valence-electron chi connectivity index (χ2n) is 4.97. The van der Waals surface area contributed by atoms with E-state index in [1.165, 1.54) is 0 Å². The first-order valence-electron chi connectivity index (χ1n) is 7.18. The summed E-state index contributed by atoms with van der Waals surface area (Å²) in [5, 5.41) is 8.70. The largest absolute Gasteiger partial charge is 0.484 e. The van der Waals surface area contributed by atoms with Crippen LogP contribution in [-0.2, 0) is 9.59 Å². The Balaban J connectivity index is 1.60. The average molecular weight is 291 g/mol. The Morgan fingerprint density at radius 1 is 1.14 bits per heavy atom. The number of piperidine rings is 1. The summed E-state index contributed by atoms with van der Waals surface area (Å²) in [4.78, 5) is 23.3. The van der Waals surface area contributed by atoms with E-state index in [1.807, 2.05) is 18.2 Å². The van der Waals surface area contributed by atoms with E-state index in [0.717, 1.165) is 25.9 Å². The van der Waals surface area contributed by atoms with Gasteiger partial charge in [0, 0.05) is 6.04 Å². The predicted octanol–water partition coefficient (Wildman–Crippen LogP) is 0.0498. The molecule has 114 valence electrons. The molecule has 0 unspecified atom stereocenters. The van der Waals surface area contributed by atoms with Gasteiger partial charge in [-0.15, -0.1) is 0 Å². The molecule has 0 spiro atoms. The van der Waals surface area contributed by atoms with E-state index in [2.05, 4.69) is 16.0 Å². The SMILES string of the molecule is O=C(COc1ccccc1)NCC(=O)NC1CCNCC1. The normalized spacial score (nSPS) is 15.2. The molecule has 6 nitrogen and oxygen atoms in total. The smallest absolute Gasteiger partial charge is 0.258 e. The van der Waals surface area contributed by atoms with Crippen molar-refractivity contribution in [2.45, 2.75) is 18.9 Å². The van der Waals surface area contributed by atoms with Crippen molar-refractivity contribution in [1.82, 2.24) is 16.0 Å². The fourth-order valence-electron chi connectivity index (χ4n) is 2.14. The predicted molar refractivity (Wildman–Crippen MR) is 79.0 cm³/mol. The summed E-state index contributed by atoms with van der Waals surface area (Å²) in [5.74, 6) is 0.168. The first kappa shape index (κ1) is 15.3. The maximum absolute atomic E-state index is 11.7. The summed E-state index contributed by atoms with van der Waals surface area (Å²) in [7, 11) is 0. The molecule has 1 fully saturated rings. The van der Waals surface area contributed by atoms with Crippen LogP contribution >= 0.6 is 0 Å². The first-order chi connectivity index (χ1) is 10.2. The van der Waals surface area contributed by atoms with E-state index in [1.54, 1.807) is 12.1 Å². The highest BCUT2D eigenvalue weighted by Gasteiger charge is 2.15. The van der Waals surface area contributed by atoms with E-state index in [9.17, 15) is 9.59 Å². The van der Waals surface area contributed by atoms with Crippen LogP contribution in [0.5, 0.6) is 5.75 Å². The van der Waals surface area contributed by atoms with Gasteiger partial charge in [0.05, 0.1) is 6.54 Å². The van der Waals surface area contributed by atoms with Crippen molar-refractivity contribution in [3.05, 3.63) is 30.3 Å². The zero-order valence-corrected chi connectivity index (χ0v) is 11.9. The lowest BCUT2D eigenvalue weighted by Gasteiger charge is -2.23. The number of hydrogen-bond acceptors (Lipinski definition) is 4. The van der Waals surface area contributed by atoms with Crippen molar-refractivity contribution in [1.29, 1.82) is 0 Å². The molecule has 1 aliphatic rings. The highest BCUT2D eigenvalue weighted by molar-refractivity contribution is 5.85. The first-order valence-corrected chi connectivity index (χ1v) is 7.18. The zero-order chi connectivity index (χ0) is 14.9. The van der Waals surface area contributed by atoms with Crippen molar-refractivity contribution in [2.24, 2.45) is 0 Å². The molecule has 6 heteroatoms. The Kier molecular flexibility index (Phi) is 6.02. The summed E-state index contributed by atoms with van der Waals surface area (Å²) in [6.07, 6.45) is 1.85. The van der Waals surface area contributed by atoms with Gasteiger partial charge in [-0.25, -0.2) is 0 Å². The second kappa shape index (κ2) is 8.26. The van der Waals surface area contributed by atoms with E-state index in [4.69, 9.17) is 4.74 Å². The van der Waals surface area contributed by atoms with Gasteiger partial charge >= 0.3 is 0 Å². The lowest BCUT2D eigenvalue weighted by molar-refractivity contribution is -0.127. The summed E-state index contributed by atoms with van der Waals surface area (Å²) in [6.45, 7) is 1.73. The topological polar surface area (TPSA) is 79.5 Å². The Hall–Kier alpha value is -2.08. The zero-order valence-electron chi connectivity index (χ0n) is 11.9. The van der Waals surface area contributed by atoms with Crippen LogP contribution in [0.4, 0.5) is 0 Å². The number of nitrogens with one attached hydrogen (secondary N) is 3. The molecule has 0 aliphatic carbocycles. The molecule has 2 amide bonds. The summed E-state index contributed by atoms with van der Waals surface area (Å²) >= 11 is 0. The van der Waals surface area contributed by atoms with E-state index >= 15 is 0 Å². The fraction of sp³-hybridized carbons (Fsp3) is 0.467. The van der Waals surface area contributed by atoms with Crippen LogP contribution in [0.1, 0.15) is 12.8 Å². The third kappa shape index (κ3) is 5.83. The van der Waals surface area contributed by atoms with Crippen molar-refractivity contribution in [3.63, 3.8) is 0 Å². The van der Waals surface area contributed by atoms with Gasteiger partial charge in [0.15, 0.2) is 6.61 Å². The van der Waals surface area contributed by atoms with Crippen LogP contribution in [0.3, 0.4) is 0 Å². The minimum Gasteiger partial charge on any atom is -0.484 e. The van der Waals surface area contributed by atoms with Gasteiger partial charge in [0.25, 0.3) is 5.91 Å². The maximum atomic E-state index is 11.7. The van der Waals surface area contributed by atoms with Crippen molar-refractivity contribution in [3.8, 4) is 5.75 Å². The number of hydrogen-bond donors (Lipinski definition) is 3. The highest BCUT2D eigenvalue weighted by atomic mass is 16.5. The maximum Gasteiger partial charge on any atom is 0.258 e. The molecule has 1 aromatic carbocycles. The van der Waals surface area contributed by atoms with Gasteiger partial charge in [0.2, 0.25) is 5.91 Å². The van der Waals surface area contributed by atoms with Gasteiger partial charge in [-0.05, 0) is 38.1 Å². The molecule has 1 saturated heterocycles. The lowest BCUT2D eigenvalue weighted by atomic mass is 10.1. The molecule has 0 aromatic heterocycles. The number of para-hydroxylation sites is 1. The van der Waals surface area contributed by atoms with Crippen molar-refractivity contribution in [2.75, 3.05) is 26.2 Å². The van der Waals surface area contributed by atoms with Crippen LogP contribution in [0.25, 0.3) is 0 Å². The van der Waals surface area contributed by atoms with Crippen molar-refractivity contribution >= 4 is 11.8 Å². The van der Waals surface area contributed by atoms with E-state index in [-0.39, 0.29) is 31.0 Å². The summed E-state index contributed by atoms with van der Waals surface area (Å²) in [5.41, 5.74) is 0. The standard InChI is InChI=1S/C15H21N3O3/c19-14(18-12-6-8-16-9-7-12)10-17-15(20)11-21-13-4-2-1-3-5-13/h1-5,12,16H,6-11H2,(H,17,20)(H,18,19). The molecular formula is C15H21N3O3. The molecule has 1 heterocycles. The number of carbonyl (C=O) groups excluding carboxylic acids is 2. The fourth-order valence-corrected chi connectivity index (χ4v) is 2.14. The number of carbonyl (C=O) groups is 2. The van der Waals surface area contributed by atoms with Gasteiger partial charge in [-0.3, -0.25) is 9.59 Å². The van der Waals surface area contributed by atoms with Crippen LogP contribution in [-0.4, -0.2) is 44.1 Å². The monoisotopic (exact) mass is 291 g/mol. The van der Waals surface area contributed by atoms with Gasteiger partial charge < -0.3 is 20.7 Å². The van der Waals surface area contributed by atoms with Crippen LogP contribution in [0.2, 0.25) is 0 Å². The van der Waals surface area contributed by atoms with Gasteiger partial charge in [0.1, 0.15) is 5.75 Å². The Morgan fingerprint density at radius 3 is 2.57 bits per heavy atom. The van der Waals surface area contributed by atoms with Crippen LogP contribution in [0.15, 0.2) is 30.3 Å². The molecule has 0 saturated carbocycles. The molecule has 3 N–H and O–H groups in total.